The Hall–Kier alpha value is -2.08. The zero-order chi connectivity index (χ0) is 14.1. The monoisotopic (exact) mass is 250 g/mol. The van der Waals surface area contributed by atoms with Crippen LogP contribution in [0.2, 0.25) is 0 Å². The maximum atomic E-state index is 3.69. The zero-order valence-electron chi connectivity index (χ0n) is 11.9. The maximum Gasteiger partial charge on any atom is -0.0262 e. The van der Waals surface area contributed by atoms with Gasteiger partial charge in [0.15, 0.2) is 0 Å². The molecule has 2 rings (SSSR count). The van der Waals surface area contributed by atoms with Gasteiger partial charge < -0.3 is 0 Å². The maximum absolute atomic E-state index is 3.69. The Balaban J connectivity index is 0.000000191. The van der Waals surface area contributed by atoms with Crippen molar-refractivity contribution in [2.24, 2.45) is 0 Å². The summed E-state index contributed by atoms with van der Waals surface area (Å²) in [7, 11) is 0. The molecule has 0 aliphatic heterocycles. The van der Waals surface area contributed by atoms with Crippen LogP contribution < -0.4 is 0 Å². The summed E-state index contributed by atoms with van der Waals surface area (Å²) in [4.78, 5) is 0. The molecule has 0 nitrogen and oxygen atoms in total. The normalized spacial score (nSPS) is 9.16. The average Bonchev–Trinajstić information content (AvgIpc) is 2.49. The van der Waals surface area contributed by atoms with Gasteiger partial charge in [0.05, 0.1) is 0 Å². The quantitative estimate of drug-likeness (QED) is 0.672. The third-order valence-electron chi connectivity index (χ3n) is 2.94. The first-order chi connectivity index (χ1) is 9.19. The number of hydrogen-bond acceptors (Lipinski definition) is 0. The van der Waals surface area contributed by atoms with Crippen LogP contribution in [0.1, 0.15) is 29.2 Å². The van der Waals surface area contributed by atoms with Gasteiger partial charge in [0.1, 0.15) is 0 Å². The highest BCUT2D eigenvalue weighted by Gasteiger charge is 1.86. The Morgan fingerprint density at radius 1 is 0.789 bits per heavy atom. The molecule has 0 bridgehead atoms. The molecule has 0 unspecified atom stereocenters. The summed E-state index contributed by atoms with van der Waals surface area (Å²) in [6.07, 6.45) is 4.82. The van der Waals surface area contributed by atoms with Crippen molar-refractivity contribution in [3.63, 3.8) is 0 Å². The van der Waals surface area contributed by atoms with Gasteiger partial charge in [-0.05, 0) is 30.0 Å². The fourth-order valence-corrected chi connectivity index (χ4v) is 1.59. The van der Waals surface area contributed by atoms with Gasteiger partial charge in [-0.1, -0.05) is 86.3 Å². The molecule has 0 fully saturated rings. The van der Waals surface area contributed by atoms with Crippen LogP contribution >= 0.6 is 0 Å². The van der Waals surface area contributed by atoms with E-state index in [9.17, 15) is 0 Å². The van der Waals surface area contributed by atoms with Crippen LogP contribution in [0.25, 0.3) is 12.2 Å². The van der Waals surface area contributed by atoms with Gasteiger partial charge >= 0.3 is 0 Å². The molecule has 0 atom stereocenters. The van der Waals surface area contributed by atoms with Crippen molar-refractivity contribution in [1.29, 1.82) is 0 Å². The van der Waals surface area contributed by atoms with Crippen LogP contribution in [0.3, 0.4) is 0 Å². The molecule has 0 heterocycles. The van der Waals surface area contributed by atoms with Crippen LogP contribution in [-0.4, -0.2) is 0 Å². The van der Waals surface area contributed by atoms with Crippen molar-refractivity contribution in [2.45, 2.75) is 20.3 Å². The van der Waals surface area contributed by atoms with E-state index in [0.29, 0.717) is 0 Å². The van der Waals surface area contributed by atoms with Crippen molar-refractivity contribution < 1.29 is 0 Å². The highest BCUT2D eigenvalue weighted by Crippen LogP contribution is 2.05. The first-order valence-electron chi connectivity index (χ1n) is 6.60. The van der Waals surface area contributed by atoms with Gasteiger partial charge in [0.2, 0.25) is 0 Å². The summed E-state index contributed by atoms with van der Waals surface area (Å²) in [5.74, 6) is 0. The first kappa shape index (κ1) is 15.0. The molecule has 2 aromatic carbocycles. The molecule has 0 amide bonds. The highest BCUT2D eigenvalue weighted by atomic mass is 13.9. The molecule has 19 heavy (non-hydrogen) atoms. The molecule has 0 radical (unpaired) electrons. The molecule has 0 spiro atoms. The van der Waals surface area contributed by atoms with Crippen LogP contribution in [0.15, 0.2) is 61.7 Å². The average molecular weight is 250 g/mol. The van der Waals surface area contributed by atoms with E-state index in [1.54, 1.807) is 0 Å². The van der Waals surface area contributed by atoms with Crippen LogP contribution in [0, 0.1) is 6.92 Å². The molecule has 98 valence electrons. The molecular weight excluding hydrogens is 228 g/mol. The molecule has 2 aromatic rings. The predicted octanol–water partition coefficient (Wildman–Crippen LogP) is 5.53. The number of rotatable bonds is 3. The van der Waals surface area contributed by atoms with Crippen LogP contribution in [0.5, 0.6) is 0 Å². The van der Waals surface area contributed by atoms with Gasteiger partial charge in [-0.2, -0.15) is 0 Å². The Labute approximate surface area is 117 Å². The molecule has 0 heteroatoms. The van der Waals surface area contributed by atoms with Gasteiger partial charge in [0.25, 0.3) is 0 Å². The van der Waals surface area contributed by atoms with Gasteiger partial charge in [0, 0.05) is 0 Å². The molecule has 0 saturated carbocycles. The Morgan fingerprint density at radius 3 is 1.58 bits per heavy atom. The SMILES string of the molecule is C=Cc1ccc(C)cc1.C=Cc1ccc(CC)cc1. The van der Waals surface area contributed by atoms with E-state index in [1.807, 2.05) is 12.2 Å². The minimum Gasteiger partial charge on any atom is -0.0985 e. The van der Waals surface area contributed by atoms with E-state index in [2.05, 4.69) is 75.5 Å². The lowest BCUT2D eigenvalue weighted by Crippen LogP contribution is -1.78. The Bertz CT molecular complexity index is 501. The third kappa shape index (κ3) is 5.39. The largest absolute Gasteiger partial charge is 0.0985 e. The summed E-state index contributed by atoms with van der Waals surface area (Å²) < 4.78 is 0. The van der Waals surface area contributed by atoms with Gasteiger partial charge in [-0.25, -0.2) is 0 Å². The van der Waals surface area contributed by atoms with Crippen LogP contribution in [0.4, 0.5) is 0 Å². The van der Waals surface area contributed by atoms with E-state index in [1.165, 1.54) is 22.3 Å². The van der Waals surface area contributed by atoms with Crippen molar-refractivity contribution in [1.82, 2.24) is 0 Å². The molecule has 0 aliphatic rings. The van der Waals surface area contributed by atoms with Crippen molar-refractivity contribution in [3.8, 4) is 0 Å². The lowest BCUT2D eigenvalue weighted by molar-refractivity contribution is 1.14. The molecule has 0 N–H and O–H groups in total. The second-order valence-electron chi connectivity index (χ2n) is 4.41. The van der Waals surface area contributed by atoms with E-state index < -0.39 is 0 Å². The zero-order valence-corrected chi connectivity index (χ0v) is 11.9. The summed E-state index contributed by atoms with van der Waals surface area (Å²) in [6, 6.07) is 16.7. The van der Waals surface area contributed by atoms with Crippen molar-refractivity contribution in [2.75, 3.05) is 0 Å². The lowest BCUT2D eigenvalue weighted by atomic mass is 10.1. The summed E-state index contributed by atoms with van der Waals surface area (Å²) >= 11 is 0. The fourth-order valence-electron chi connectivity index (χ4n) is 1.59. The minimum atomic E-state index is 1.11. The summed E-state index contributed by atoms with van der Waals surface area (Å²) in [6.45, 7) is 11.6. The van der Waals surface area contributed by atoms with E-state index in [0.717, 1.165) is 6.42 Å². The first-order valence-corrected chi connectivity index (χ1v) is 6.60. The molecular formula is C19H22. The van der Waals surface area contributed by atoms with E-state index in [4.69, 9.17) is 0 Å². The van der Waals surface area contributed by atoms with E-state index >= 15 is 0 Å². The lowest BCUT2D eigenvalue weighted by Gasteiger charge is -1.95. The standard InChI is InChI=1S/C10H12.C9H10/c1-3-9-5-7-10(4-2)8-6-9;1-3-9-6-4-8(2)5-7-9/h3,5-8H,1,4H2,2H3;3-7H,1H2,2H3. The highest BCUT2D eigenvalue weighted by molar-refractivity contribution is 5.47. The van der Waals surface area contributed by atoms with Gasteiger partial charge in [-0.3, -0.25) is 0 Å². The summed E-state index contributed by atoms with van der Waals surface area (Å²) in [5, 5.41) is 0. The van der Waals surface area contributed by atoms with Crippen LogP contribution in [-0.2, 0) is 6.42 Å². The van der Waals surface area contributed by atoms with Gasteiger partial charge in [-0.15, -0.1) is 0 Å². The number of aryl methyl sites for hydroxylation is 2. The third-order valence-corrected chi connectivity index (χ3v) is 2.94. The Morgan fingerprint density at radius 2 is 1.21 bits per heavy atom. The molecule has 0 aromatic heterocycles. The fraction of sp³-hybridized carbons (Fsp3) is 0.158. The van der Waals surface area contributed by atoms with E-state index in [-0.39, 0.29) is 0 Å². The predicted molar refractivity (Wildman–Crippen MR) is 87.2 cm³/mol. The minimum absolute atomic E-state index is 1.11. The van der Waals surface area contributed by atoms with Crippen molar-refractivity contribution in [3.05, 3.63) is 83.9 Å². The number of hydrogen-bond donors (Lipinski definition) is 0. The summed E-state index contributed by atoms with van der Waals surface area (Å²) in [5.41, 5.74) is 5.05. The number of benzene rings is 2. The second kappa shape index (κ2) is 8.10. The Kier molecular flexibility index (Phi) is 6.38. The van der Waals surface area contributed by atoms with Crippen molar-refractivity contribution >= 4 is 12.2 Å². The molecule has 0 saturated heterocycles. The smallest absolute Gasteiger partial charge is 0.0262 e. The topological polar surface area (TPSA) is 0 Å². The molecule has 0 aliphatic carbocycles. The second-order valence-corrected chi connectivity index (χ2v) is 4.41.